The van der Waals surface area contributed by atoms with Gasteiger partial charge in [0.25, 0.3) is 11.8 Å². The molecule has 1 aliphatic rings. The van der Waals surface area contributed by atoms with Gasteiger partial charge in [-0.25, -0.2) is 0 Å². The number of rotatable bonds is 6. The van der Waals surface area contributed by atoms with Crippen molar-refractivity contribution in [2.75, 3.05) is 26.8 Å². The van der Waals surface area contributed by atoms with Crippen LogP contribution in [0.25, 0.3) is 0 Å². The molecule has 2 aromatic rings. The quantitative estimate of drug-likeness (QED) is 0.747. The van der Waals surface area contributed by atoms with Gasteiger partial charge in [-0.1, -0.05) is 41.4 Å². The van der Waals surface area contributed by atoms with Gasteiger partial charge < -0.3 is 19.7 Å². The number of hydrogen-bond donors (Lipinski definition) is 1. The van der Waals surface area contributed by atoms with Crippen LogP contribution in [0.1, 0.15) is 23.2 Å². The van der Waals surface area contributed by atoms with Crippen LogP contribution in [0.4, 0.5) is 0 Å². The number of para-hydroxylation sites is 1. The molecule has 0 radical (unpaired) electrons. The van der Waals surface area contributed by atoms with Crippen LogP contribution in [0.2, 0.25) is 10.0 Å². The molecule has 0 unspecified atom stereocenters. The van der Waals surface area contributed by atoms with E-state index >= 15 is 0 Å². The molecule has 1 aliphatic heterocycles. The molecule has 0 saturated carbocycles. The lowest BCUT2D eigenvalue weighted by molar-refractivity contribution is -0.134. The van der Waals surface area contributed by atoms with Gasteiger partial charge in [-0.3, -0.25) is 9.59 Å². The number of nitrogens with zero attached hydrogens (tertiary/aromatic N) is 1. The van der Waals surface area contributed by atoms with Crippen LogP contribution in [0.3, 0.4) is 0 Å². The standard InChI is InChI=1S/C21H22Cl2N2O4/c1-28-20-17(23)8-7-16(22)19(20)21(27)24-14-9-11-25(12-10-14)18(26)13-29-15-5-3-2-4-6-15/h2-8,14H,9-13H2,1H3,(H,24,27). The summed E-state index contributed by atoms with van der Waals surface area (Å²) in [5, 5.41) is 3.56. The SMILES string of the molecule is COc1c(Cl)ccc(Cl)c1C(=O)NC1CCN(C(=O)COc2ccccc2)CC1. The van der Waals surface area contributed by atoms with Crippen molar-refractivity contribution in [1.29, 1.82) is 0 Å². The average molecular weight is 437 g/mol. The van der Waals surface area contributed by atoms with Gasteiger partial charge in [-0.15, -0.1) is 0 Å². The second-order valence-electron chi connectivity index (χ2n) is 6.67. The van der Waals surface area contributed by atoms with Gasteiger partial charge in [0, 0.05) is 19.1 Å². The predicted octanol–water partition coefficient (Wildman–Crippen LogP) is 3.80. The summed E-state index contributed by atoms with van der Waals surface area (Å²) >= 11 is 12.3. The minimum absolute atomic E-state index is 0.00361. The molecular formula is C21H22Cl2N2O4. The van der Waals surface area contributed by atoms with E-state index in [0.717, 1.165) is 0 Å². The highest BCUT2D eigenvalue weighted by atomic mass is 35.5. The minimum atomic E-state index is -0.341. The second kappa shape index (κ2) is 9.85. The fourth-order valence-corrected chi connectivity index (χ4v) is 3.70. The van der Waals surface area contributed by atoms with E-state index in [2.05, 4.69) is 5.32 Å². The number of halogens is 2. The maximum absolute atomic E-state index is 12.7. The molecular weight excluding hydrogens is 415 g/mol. The van der Waals surface area contributed by atoms with Crippen molar-refractivity contribution in [1.82, 2.24) is 10.2 Å². The maximum Gasteiger partial charge on any atom is 0.260 e. The number of piperidine rings is 1. The van der Waals surface area contributed by atoms with Crippen LogP contribution in [0, 0.1) is 0 Å². The molecule has 0 aromatic heterocycles. The van der Waals surface area contributed by atoms with Crippen molar-refractivity contribution in [3.63, 3.8) is 0 Å². The zero-order chi connectivity index (χ0) is 20.8. The molecule has 2 aromatic carbocycles. The fraction of sp³-hybridized carbons (Fsp3) is 0.333. The summed E-state index contributed by atoms with van der Waals surface area (Å²) in [6.45, 7) is 1.08. The van der Waals surface area contributed by atoms with Gasteiger partial charge >= 0.3 is 0 Å². The molecule has 29 heavy (non-hydrogen) atoms. The Kier molecular flexibility index (Phi) is 7.23. The van der Waals surface area contributed by atoms with Crippen LogP contribution >= 0.6 is 23.2 Å². The fourth-order valence-electron chi connectivity index (χ4n) is 3.23. The lowest BCUT2D eigenvalue weighted by atomic mass is 10.0. The third kappa shape index (κ3) is 5.34. The van der Waals surface area contributed by atoms with Crippen molar-refractivity contribution >= 4 is 35.0 Å². The highest BCUT2D eigenvalue weighted by Crippen LogP contribution is 2.34. The van der Waals surface area contributed by atoms with Gasteiger partial charge in [0.05, 0.1) is 17.2 Å². The first-order valence-electron chi connectivity index (χ1n) is 9.28. The molecule has 3 rings (SSSR count). The minimum Gasteiger partial charge on any atom is -0.494 e. The number of benzene rings is 2. The van der Waals surface area contributed by atoms with Gasteiger partial charge in [-0.05, 0) is 37.1 Å². The van der Waals surface area contributed by atoms with Crippen molar-refractivity contribution < 1.29 is 19.1 Å². The van der Waals surface area contributed by atoms with Gasteiger partial charge in [0.15, 0.2) is 12.4 Å². The molecule has 0 spiro atoms. The normalized spacial score (nSPS) is 14.4. The Morgan fingerprint density at radius 3 is 2.38 bits per heavy atom. The Labute approximate surface area is 179 Å². The lowest BCUT2D eigenvalue weighted by Gasteiger charge is -2.32. The van der Waals surface area contributed by atoms with Gasteiger partial charge in [0.2, 0.25) is 0 Å². The first-order valence-corrected chi connectivity index (χ1v) is 10.0. The summed E-state index contributed by atoms with van der Waals surface area (Å²) in [6, 6.07) is 12.3. The molecule has 154 valence electrons. The molecule has 1 saturated heterocycles. The van der Waals surface area contributed by atoms with Crippen molar-refractivity contribution in [2.24, 2.45) is 0 Å². The molecule has 0 aliphatic carbocycles. The Bertz CT molecular complexity index is 868. The molecule has 1 fully saturated rings. The molecule has 0 bridgehead atoms. The summed E-state index contributed by atoms with van der Waals surface area (Å²) in [6.07, 6.45) is 1.28. The number of nitrogens with one attached hydrogen (secondary N) is 1. The average Bonchev–Trinajstić information content (AvgIpc) is 2.74. The number of ether oxygens (including phenoxy) is 2. The predicted molar refractivity (Wildman–Crippen MR) is 112 cm³/mol. The van der Waals surface area contributed by atoms with E-state index in [1.807, 2.05) is 30.3 Å². The first kappa shape index (κ1) is 21.3. The Morgan fingerprint density at radius 1 is 1.07 bits per heavy atom. The number of amides is 2. The largest absolute Gasteiger partial charge is 0.494 e. The molecule has 6 nitrogen and oxygen atoms in total. The topological polar surface area (TPSA) is 67.9 Å². The zero-order valence-corrected chi connectivity index (χ0v) is 17.5. The molecule has 8 heteroatoms. The summed E-state index contributed by atoms with van der Waals surface area (Å²) in [5.74, 6) is 0.502. The van der Waals surface area contributed by atoms with Crippen molar-refractivity contribution in [2.45, 2.75) is 18.9 Å². The maximum atomic E-state index is 12.7. The van der Waals surface area contributed by atoms with E-state index in [4.69, 9.17) is 32.7 Å². The van der Waals surface area contributed by atoms with E-state index in [1.165, 1.54) is 7.11 Å². The molecule has 1 heterocycles. The Hall–Kier alpha value is -2.44. The molecule has 2 amide bonds. The van der Waals surface area contributed by atoms with E-state index in [9.17, 15) is 9.59 Å². The zero-order valence-electron chi connectivity index (χ0n) is 16.0. The van der Waals surface area contributed by atoms with Crippen LogP contribution in [0.5, 0.6) is 11.5 Å². The van der Waals surface area contributed by atoms with E-state index < -0.39 is 0 Å². The first-order chi connectivity index (χ1) is 14.0. The van der Waals surface area contributed by atoms with E-state index in [-0.39, 0.29) is 40.8 Å². The summed E-state index contributed by atoms with van der Waals surface area (Å²) in [4.78, 5) is 26.8. The van der Waals surface area contributed by atoms with Crippen molar-refractivity contribution in [3.8, 4) is 11.5 Å². The third-order valence-electron chi connectivity index (χ3n) is 4.78. The lowest BCUT2D eigenvalue weighted by Crippen LogP contribution is -2.47. The third-order valence-corrected chi connectivity index (χ3v) is 5.39. The van der Waals surface area contributed by atoms with Gasteiger partial charge in [0.1, 0.15) is 11.3 Å². The Morgan fingerprint density at radius 2 is 1.72 bits per heavy atom. The van der Waals surface area contributed by atoms with Gasteiger partial charge in [-0.2, -0.15) is 0 Å². The van der Waals surface area contributed by atoms with Crippen LogP contribution in [-0.2, 0) is 4.79 Å². The monoisotopic (exact) mass is 436 g/mol. The van der Waals surface area contributed by atoms with Crippen LogP contribution in [0.15, 0.2) is 42.5 Å². The smallest absolute Gasteiger partial charge is 0.260 e. The van der Waals surface area contributed by atoms with E-state index in [1.54, 1.807) is 17.0 Å². The number of methoxy groups -OCH3 is 1. The van der Waals surface area contributed by atoms with E-state index in [0.29, 0.717) is 36.7 Å². The van der Waals surface area contributed by atoms with Crippen molar-refractivity contribution in [3.05, 3.63) is 58.1 Å². The number of carbonyl (C=O) groups excluding carboxylic acids is 2. The highest BCUT2D eigenvalue weighted by Gasteiger charge is 2.26. The number of likely N-dealkylation sites (tertiary alicyclic amines) is 1. The Balaban J connectivity index is 1.52. The summed E-state index contributed by atoms with van der Waals surface area (Å²) in [5.41, 5.74) is 0.219. The van der Waals surface area contributed by atoms with Crippen LogP contribution < -0.4 is 14.8 Å². The molecule has 1 N–H and O–H groups in total. The summed E-state index contributed by atoms with van der Waals surface area (Å²) in [7, 11) is 1.44. The number of carbonyl (C=O) groups is 2. The summed E-state index contributed by atoms with van der Waals surface area (Å²) < 4.78 is 10.8. The number of hydrogen-bond acceptors (Lipinski definition) is 4. The highest BCUT2D eigenvalue weighted by molar-refractivity contribution is 6.37. The molecule has 0 atom stereocenters. The second-order valence-corrected chi connectivity index (χ2v) is 7.48. The van der Waals surface area contributed by atoms with Crippen LogP contribution in [-0.4, -0.2) is 49.6 Å².